The molecule has 2 aromatic rings. The predicted molar refractivity (Wildman–Crippen MR) is 103 cm³/mol. The number of carbonyl (C=O) groups excluding carboxylic acids is 1. The number of anilines is 2. The summed E-state index contributed by atoms with van der Waals surface area (Å²) in [6.07, 6.45) is 1.33. The van der Waals surface area contributed by atoms with Gasteiger partial charge in [0.15, 0.2) is 0 Å². The smallest absolute Gasteiger partial charge is 0.263 e. The van der Waals surface area contributed by atoms with Gasteiger partial charge >= 0.3 is 0 Å². The summed E-state index contributed by atoms with van der Waals surface area (Å²) in [6, 6.07) is 13.9. The molecule has 7 heteroatoms. The van der Waals surface area contributed by atoms with Crippen LogP contribution in [0.4, 0.5) is 11.4 Å². The zero-order chi connectivity index (χ0) is 19.1. The third-order valence-electron chi connectivity index (χ3n) is 3.71. The largest absolute Gasteiger partial charge is 0.497 e. The Kier molecular flexibility index (Phi) is 6.48. The molecule has 2 rings (SSSR count). The number of nitrogen functional groups attached to an aromatic ring is 1. The number of methoxy groups -OCH3 is 1. The monoisotopic (exact) mass is 370 g/mol. The maximum Gasteiger partial charge on any atom is 0.263 e. The minimum Gasteiger partial charge on any atom is -0.497 e. The lowest BCUT2D eigenvalue weighted by molar-refractivity contribution is -0.117. The second-order valence-corrected chi connectivity index (χ2v) is 5.93. The van der Waals surface area contributed by atoms with E-state index in [1.54, 1.807) is 25.3 Å². The van der Waals surface area contributed by atoms with Crippen molar-refractivity contribution in [1.29, 1.82) is 5.26 Å². The Morgan fingerprint density at radius 3 is 2.58 bits per heavy atom. The fourth-order valence-electron chi connectivity index (χ4n) is 2.17. The van der Waals surface area contributed by atoms with Crippen molar-refractivity contribution in [3.8, 4) is 11.8 Å². The number of halogens is 1. The van der Waals surface area contributed by atoms with Crippen molar-refractivity contribution >= 4 is 28.9 Å². The number of hydrogen-bond acceptors (Lipinski definition) is 5. The SMILES string of the molecule is COc1ccc(C(C)NC(=O)/C(C#N)=C\Nc2ccc(N)c(Cl)c2)cc1. The van der Waals surface area contributed by atoms with Crippen LogP contribution in [0.15, 0.2) is 54.2 Å². The lowest BCUT2D eigenvalue weighted by atomic mass is 10.1. The van der Waals surface area contributed by atoms with Crippen LogP contribution < -0.4 is 21.1 Å². The topological polar surface area (TPSA) is 100 Å². The van der Waals surface area contributed by atoms with Crippen LogP contribution in [0.3, 0.4) is 0 Å². The molecule has 0 aromatic heterocycles. The molecule has 1 amide bonds. The molecule has 1 atom stereocenters. The van der Waals surface area contributed by atoms with Gasteiger partial charge in [-0.15, -0.1) is 0 Å². The Hall–Kier alpha value is -3.17. The molecule has 0 radical (unpaired) electrons. The van der Waals surface area contributed by atoms with Gasteiger partial charge < -0.3 is 21.1 Å². The number of ether oxygens (including phenoxy) is 1. The number of nitrogens with zero attached hydrogens (tertiary/aromatic N) is 1. The zero-order valence-corrected chi connectivity index (χ0v) is 15.2. The maximum atomic E-state index is 12.3. The van der Waals surface area contributed by atoms with Crippen molar-refractivity contribution in [2.45, 2.75) is 13.0 Å². The van der Waals surface area contributed by atoms with Gasteiger partial charge in [-0.25, -0.2) is 0 Å². The molecule has 2 aromatic carbocycles. The van der Waals surface area contributed by atoms with E-state index >= 15 is 0 Å². The molecule has 0 fully saturated rings. The van der Waals surface area contributed by atoms with E-state index in [0.29, 0.717) is 16.4 Å². The minimum atomic E-state index is -0.482. The molecule has 0 heterocycles. The Balaban J connectivity index is 2.04. The lowest BCUT2D eigenvalue weighted by Crippen LogP contribution is -2.28. The number of hydrogen-bond donors (Lipinski definition) is 3. The van der Waals surface area contributed by atoms with Crippen LogP contribution >= 0.6 is 11.6 Å². The second kappa shape index (κ2) is 8.79. The van der Waals surface area contributed by atoms with E-state index in [2.05, 4.69) is 10.6 Å². The van der Waals surface area contributed by atoms with Gasteiger partial charge in [0.2, 0.25) is 0 Å². The van der Waals surface area contributed by atoms with Crippen molar-refractivity contribution in [2.75, 3.05) is 18.2 Å². The van der Waals surface area contributed by atoms with Crippen molar-refractivity contribution in [2.24, 2.45) is 0 Å². The standard InChI is InChI=1S/C19H19ClN4O2/c1-12(13-3-6-16(26-2)7-4-13)24-19(25)14(10-21)11-23-15-5-8-18(22)17(20)9-15/h3-9,11-12,23H,22H2,1-2H3,(H,24,25)/b14-11-. The highest BCUT2D eigenvalue weighted by Crippen LogP contribution is 2.23. The number of rotatable bonds is 6. The molecule has 0 aliphatic heterocycles. The summed E-state index contributed by atoms with van der Waals surface area (Å²) in [4.78, 5) is 12.3. The first-order valence-electron chi connectivity index (χ1n) is 7.81. The first kappa shape index (κ1) is 19.2. The molecular formula is C19H19ClN4O2. The van der Waals surface area contributed by atoms with E-state index in [0.717, 1.165) is 11.3 Å². The number of nitrogens with two attached hydrogens (primary N) is 1. The first-order valence-corrected chi connectivity index (χ1v) is 8.19. The highest BCUT2D eigenvalue weighted by Gasteiger charge is 2.14. The van der Waals surface area contributed by atoms with Crippen molar-refractivity contribution < 1.29 is 9.53 Å². The molecule has 0 spiro atoms. The summed E-state index contributed by atoms with van der Waals surface area (Å²) in [5.41, 5.74) is 7.56. The minimum absolute atomic E-state index is 0.0571. The number of benzene rings is 2. The van der Waals surface area contributed by atoms with Crippen LogP contribution in [-0.2, 0) is 4.79 Å². The summed E-state index contributed by atoms with van der Waals surface area (Å²) in [5.74, 6) is 0.251. The van der Waals surface area contributed by atoms with Crippen molar-refractivity contribution in [3.05, 3.63) is 64.8 Å². The van der Waals surface area contributed by atoms with Gasteiger partial charge in [-0.1, -0.05) is 23.7 Å². The highest BCUT2D eigenvalue weighted by molar-refractivity contribution is 6.33. The summed E-state index contributed by atoms with van der Waals surface area (Å²) in [5, 5.41) is 15.3. The van der Waals surface area contributed by atoms with Gasteiger partial charge in [0.05, 0.1) is 23.9 Å². The molecule has 0 saturated heterocycles. The van der Waals surface area contributed by atoms with Crippen LogP contribution in [-0.4, -0.2) is 13.0 Å². The number of amides is 1. The van der Waals surface area contributed by atoms with Gasteiger partial charge in [0, 0.05) is 11.9 Å². The van der Waals surface area contributed by atoms with E-state index < -0.39 is 5.91 Å². The Bertz CT molecular complexity index is 857. The Morgan fingerprint density at radius 1 is 1.31 bits per heavy atom. The third kappa shape index (κ3) is 4.91. The Labute approximate surface area is 157 Å². The van der Waals surface area contributed by atoms with E-state index in [4.69, 9.17) is 22.1 Å². The molecule has 26 heavy (non-hydrogen) atoms. The van der Waals surface area contributed by atoms with Crippen LogP contribution in [0.2, 0.25) is 5.02 Å². The van der Waals surface area contributed by atoms with Gasteiger partial charge in [-0.2, -0.15) is 5.26 Å². The third-order valence-corrected chi connectivity index (χ3v) is 4.04. The molecule has 6 nitrogen and oxygen atoms in total. The molecule has 1 unspecified atom stereocenters. The van der Waals surface area contributed by atoms with E-state index in [1.807, 2.05) is 37.3 Å². The number of nitrogens with one attached hydrogen (secondary N) is 2. The van der Waals surface area contributed by atoms with Gasteiger partial charge in [-0.3, -0.25) is 4.79 Å². The maximum absolute atomic E-state index is 12.3. The molecule has 134 valence electrons. The fourth-order valence-corrected chi connectivity index (χ4v) is 2.35. The van der Waals surface area contributed by atoms with Crippen molar-refractivity contribution in [1.82, 2.24) is 5.32 Å². The fraction of sp³-hybridized carbons (Fsp3) is 0.158. The molecule has 0 bridgehead atoms. The summed E-state index contributed by atoms with van der Waals surface area (Å²) >= 11 is 5.94. The van der Waals surface area contributed by atoms with Crippen LogP contribution in [0.5, 0.6) is 5.75 Å². The Morgan fingerprint density at radius 2 is 2.00 bits per heavy atom. The van der Waals surface area contributed by atoms with Crippen molar-refractivity contribution in [3.63, 3.8) is 0 Å². The summed E-state index contributed by atoms with van der Waals surface area (Å²) in [6.45, 7) is 1.84. The normalized spacial score (nSPS) is 12.0. The van der Waals surface area contributed by atoms with Gasteiger partial charge in [0.25, 0.3) is 5.91 Å². The van der Waals surface area contributed by atoms with Crippen LogP contribution in [0.1, 0.15) is 18.5 Å². The molecule has 4 N–H and O–H groups in total. The summed E-state index contributed by atoms with van der Waals surface area (Å²) in [7, 11) is 1.59. The van der Waals surface area contributed by atoms with E-state index in [1.165, 1.54) is 6.20 Å². The molecule has 0 saturated carbocycles. The summed E-state index contributed by atoms with van der Waals surface area (Å²) < 4.78 is 5.11. The van der Waals surface area contributed by atoms with E-state index in [-0.39, 0.29) is 11.6 Å². The number of carbonyl (C=O) groups is 1. The van der Waals surface area contributed by atoms with Gasteiger partial charge in [0.1, 0.15) is 17.4 Å². The van der Waals surface area contributed by atoms with Crippen LogP contribution in [0, 0.1) is 11.3 Å². The van der Waals surface area contributed by atoms with Gasteiger partial charge in [-0.05, 0) is 42.8 Å². The van der Waals surface area contributed by atoms with Crippen LogP contribution in [0.25, 0.3) is 0 Å². The average molecular weight is 371 g/mol. The first-order chi connectivity index (χ1) is 12.4. The van der Waals surface area contributed by atoms with E-state index in [9.17, 15) is 10.1 Å². The quantitative estimate of drug-likeness (QED) is 0.409. The number of nitriles is 1. The molecular weight excluding hydrogens is 352 g/mol. The predicted octanol–water partition coefficient (Wildman–Crippen LogP) is 3.63. The zero-order valence-electron chi connectivity index (χ0n) is 14.4. The molecule has 0 aliphatic rings. The highest BCUT2D eigenvalue weighted by atomic mass is 35.5. The lowest BCUT2D eigenvalue weighted by Gasteiger charge is -2.14. The molecule has 0 aliphatic carbocycles. The average Bonchev–Trinajstić information content (AvgIpc) is 2.65. The second-order valence-electron chi connectivity index (χ2n) is 5.52.